The zero-order chi connectivity index (χ0) is 10.7. The molecule has 0 aliphatic carbocycles. The quantitative estimate of drug-likeness (QED) is 0.785. The summed E-state index contributed by atoms with van der Waals surface area (Å²) in [5.41, 5.74) is 1.91. The summed E-state index contributed by atoms with van der Waals surface area (Å²) in [7, 11) is 1.91. The van der Waals surface area contributed by atoms with Crippen molar-refractivity contribution in [2.75, 3.05) is 0 Å². The summed E-state index contributed by atoms with van der Waals surface area (Å²) in [4.78, 5) is 4.04. The van der Waals surface area contributed by atoms with Crippen LogP contribution in [0.1, 0.15) is 11.3 Å². The molecule has 5 heteroatoms. The SMILES string of the molecule is Cn1cc(CCn2cnc(CO)c2)cn1. The lowest BCUT2D eigenvalue weighted by molar-refractivity contribution is 0.277. The highest BCUT2D eigenvalue weighted by Gasteiger charge is 1.99. The molecule has 0 aliphatic heterocycles. The summed E-state index contributed by atoms with van der Waals surface area (Å²) in [6.45, 7) is 0.860. The number of aromatic nitrogens is 4. The smallest absolute Gasteiger partial charge is 0.0950 e. The van der Waals surface area contributed by atoms with Gasteiger partial charge >= 0.3 is 0 Å². The number of hydrogen-bond acceptors (Lipinski definition) is 3. The Kier molecular flexibility index (Phi) is 2.82. The first kappa shape index (κ1) is 9.92. The van der Waals surface area contributed by atoms with E-state index in [4.69, 9.17) is 5.11 Å². The second-order valence-electron chi connectivity index (χ2n) is 3.53. The second-order valence-corrected chi connectivity index (χ2v) is 3.53. The first-order valence-electron chi connectivity index (χ1n) is 4.87. The minimum Gasteiger partial charge on any atom is -0.390 e. The van der Waals surface area contributed by atoms with Gasteiger partial charge in [0.1, 0.15) is 0 Å². The molecular formula is C10H14N4O. The summed E-state index contributed by atoms with van der Waals surface area (Å²) in [6, 6.07) is 0. The van der Waals surface area contributed by atoms with Crippen molar-refractivity contribution in [1.29, 1.82) is 0 Å². The van der Waals surface area contributed by atoms with E-state index in [0.717, 1.165) is 13.0 Å². The maximum atomic E-state index is 8.85. The van der Waals surface area contributed by atoms with Crippen LogP contribution in [0.25, 0.3) is 0 Å². The molecule has 2 aromatic heterocycles. The fourth-order valence-electron chi connectivity index (χ4n) is 1.47. The molecule has 0 bridgehead atoms. The van der Waals surface area contributed by atoms with E-state index in [1.807, 2.05) is 30.2 Å². The third kappa shape index (κ3) is 2.44. The van der Waals surface area contributed by atoms with Gasteiger partial charge in [0.05, 0.1) is 24.8 Å². The molecule has 80 valence electrons. The monoisotopic (exact) mass is 206 g/mol. The topological polar surface area (TPSA) is 55.9 Å². The maximum absolute atomic E-state index is 8.85. The number of nitrogens with zero attached hydrogens (tertiary/aromatic N) is 4. The van der Waals surface area contributed by atoms with Crippen molar-refractivity contribution < 1.29 is 5.11 Å². The van der Waals surface area contributed by atoms with Crippen molar-refractivity contribution >= 4 is 0 Å². The summed E-state index contributed by atoms with van der Waals surface area (Å²) in [6.07, 6.45) is 8.39. The van der Waals surface area contributed by atoms with Gasteiger partial charge in [0.25, 0.3) is 0 Å². The minimum atomic E-state index is -0.000107. The number of hydrogen-bond donors (Lipinski definition) is 1. The first-order chi connectivity index (χ1) is 7.28. The van der Waals surface area contributed by atoms with Gasteiger partial charge in [-0.2, -0.15) is 5.10 Å². The Morgan fingerprint density at radius 2 is 2.27 bits per heavy atom. The highest BCUT2D eigenvalue weighted by atomic mass is 16.3. The standard InChI is InChI=1S/C10H14N4O/c1-13-5-9(4-12-13)2-3-14-6-10(7-15)11-8-14/h4-6,8,15H,2-3,7H2,1H3. The van der Waals surface area contributed by atoms with Crippen LogP contribution in [-0.4, -0.2) is 24.4 Å². The number of aliphatic hydroxyl groups is 1. The van der Waals surface area contributed by atoms with Gasteiger partial charge in [-0.15, -0.1) is 0 Å². The normalized spacial score (nSPS) is 10.8. The molecule has 0 fully saturated rings. The first-order valence-corrected chi connectivity index (χ1v) is 4.87. The van der Waals surface area contributed by atoms with Gasteiger partial charge in [-0.3, -0.25) is 4.68 Å². The van der Waals surface area contributed by atoms with Crippen LogP contribution in [0, 0.1) is 0 Å². The highest BCUT2D eigenvalue weighted by molar-refractivity contribution is 5.04. The molecule has 0 radical (unpaired) electrons. The van der Waals surface area contributed by atoms with Crippen molar-refractivity contribution in [3.05, 3.63) is 36.2 Å². The van der Waals surface area contributed by atoms with Gasteiger partial charge in [-0.05, 0) is 12.0 Å². The average Bonchev–Trinajstić information content (AvgIpc) is 2.83. The predicted octanol–water partition coefficient (Wildman–Crippen LogP) is 0.352. The van der Waals surface area contributed by atoms with Crippen molar-refractivity contribution in [3.8, 4) is 0 Å². The maximum Gasteiger partial charge on any atom is 0.0950 e. The molecule has 0 saturated carbocycles. The van der Waals surface area contributed by atoms with Gasteiger partial charge in [0, 0.05) is 26.0 Å². The molecule has 0 aromatic carbocycles. The van der Waals surface area contributed by atoms with Crippen molar-refractivity contribution in [1.82, 2.24) is 19.3 Å². The summed E-state index contributed by atoms with van der Waals surface area (Å²) in [5, 5.41) is 13.0. The van der Waals surface area contributed by atoms with E-state index in [1.54, 1.807) is 11.0 Å². The van der Waals surface area contributed by atoms with E-state index in [0.29, 0.717) is 5.69 Å². The van der Waals surface area contributed by atoms with E-state index in [9.17, 15) is 0 Å². The number of aryl methyl sites for hydroxylation is 3. The molecule has 2 aromatic rings. The Bertz CT molecular complexity index is 432. The van der Waals surface area contributed by atoms with Crippen LogP contribution in [0.15, 0.2) is 24.9 Å². The van der Waals surface area contributed by atoms with Gasteiger partial charge in [-0.1, -0.05) is 0 Å². The molecule has 0 unspecified atom stereocenters. The van der Waals surface area contributed by atoms with Crippen molar-refractivity contribution in [2.45, 2.75) is 19.6 Å². The molecule has 0 saturated heterocycles. The fourth-order valence-corrected chi connectivity index (χ4v) is 1.47. The van der Waals surface area contributed by atoms with Crippen LogP contribution in [0.2, 0.25) is 0 Å². The molecule has 5 nitrogen and oxygen atoms in total. The third-order valence-electron chi connectivity index (χ3n) is 2.27. The Labute approximate surface area is 88.0 Å². The lowest BCUT2D eigenvalue weighted by Crippen LogP contribution is -1.97. The van der Waals surface area contributed by atoms with Gasteiger partial charge < -0.3 is 9.67 Å². The van der Waals surface area contributed by atoms with E-state index in [-0.39, 0.29) is 6.61 Å². The van der Waals surface area contributed by atoms with Crippen molar-refractivity contribution in [3.63, 3.8) is 0 Å². The Morgan fingerprint density at radius 3 is 2.87 bits per heavy atom. The molecular weight excluding hydrogens is 192 g/mol. The van der Waals surface area contributed by atoms with Crippen LogP contribution >= 0.6 is 0 Å². The molecule has 0 amide bonds. The van der Waals surface area contributed by atoms with Crippen LogP contribution in [0.4, 0.5) is 0 Å². The predicted molar refractivity (Wildman–Crippen MR) is 55.1 cm³/mol. The van der Waals surface area contributed by atoms with E-state index in [1.165, 1.54) is 5.56 Å². The number of imidazole rings is 1. The molecule has 2 rings (SSSR count). The van der Waals surface area contributed by atoms with E-state index >= 15 is 0 Å². The van der Waals surface area contributed by atoms with Gasteiger partial charge in [0.2, 0.25) is 0 Å². The lowest BCUT2D eigenvalue weighted by Gasteiger charge is -1.98. The Balaban J connectivity index is 1.93. The van der Waals surface area contributed by atoms with Crippen LogP contribution in [-0.2, 0) is 26.6 Å². The van der Waals surface area contributed by atoms with Crippen molar-refractivity contribution in [2.24, 2.45) is 7.05 Å². The minimum absolute atomic E-state index is 0.000107. The zero-order valence-corrected chi connectivity index (χ0v) is 8.67. The van der Waals surface area contributed by atoms with Gasteiger partial charge in [-0.25, -0.2) is 4.98 Å². The molecule has 1 N–H and O–H groups in total. The zero-order valence-electron chi connectivity index (χ0n) is 8.67. The largest absolute Gasteiger partial charge is 0.390 e. The van der Waals surface area contributed by atoms with Crippen LogP contribution < -0.4 is 0 Å². The molecule has 0 aliphatic rings. The fraction of sp³-hybridized carbons (Fsp3) is 0.400. The number of aliphatic hydroxyl groups excluding tert-OH is 1. The molecule has 0 spiro atoms. The third-order valence-corrected chi connectivity index (χ3v) is 2.27. The second kappa shape index (κ2) is 4.27. The van der Waals surface area contributed by atoms with E-state index in [2.05, 4.69) is 10.1 Å². The summed E-state index contributed by atoms with van der Waals surface area (Å²) < 4.78 is 3.76. The lowest BCUT2D eigenvalue weighted by atomic mass is 10.2. The molecule has 0 atom stereocenters. The average molecular weight is 206 g/mol. The van der Waals surface area contributed by atoms with Crippen LogP contribution in [0.3, 0.4) is 0 Å². The molecule has 15 heavy (non-hydrogen) atoms. The van der Waals surface area contributed by atoms with E-state index < -0.39 is 0 Å². The highest BCUT2D eigenvalue weighted by Crippen LogP contribution is 2.02. The number of rotatable bonds is 4. The van der Waals surface area contributed by atoms with Gasteiger partial charge in [0.15, 0.2) is 0 Å². The molecule has 2 heterocycles. The van der Waals surface area contributed by atoms with Crippen LogP contribution in [0.5, 0.6) is 0 Å². The Morgan fingerprint density at radius 1 is 1.40 bits per heavy atom. The summed E-state index contributed by atoms with van der Waals surface area (Å²) >= 11 is 0. The Hall–Kier alpha value is -1.62. The summed E-state index contributed by atoms with van der Waals surface area (Å²) in [5.74, 6) is 0.